The molecular weight excluding hydrogens is 438 g/mol. The molecule has 0 atom stereocenters. The van der Waals surface area contributed by atoms with Gasteiger partial charge in [0.2, 0.25) is 0 Å². The van der Waals surface area contributed by atoms with Crippen LogP contribution in [0.25, 0.3) is 21.8 Å². The second-order valence-corrected chi connectivity index (χ2v) is 12.1. The lowest BCUT2D eigenvalue weighted by Crippen LogP contribution is -2.34. The number of thiophene rings is 1. The minimum absolute atomic E-state index is 0.00961. The molecular formula is C25H31N3O2S2. The Hall–Kier alpha value is -2.25. The Labute approximate surface area is 198 Å². The van der Waals surface area contributed by atoms with E-state index in [0.29, 0.717) is 17.6 Å². The molecule has 0 saturated heterocycles. The van der Waals surface area contributed by atoms with Crippen molar-refractivity contribution in [1.29, 1.82) is 0 Å². The van der Waals surface area contributed by atoms with Crippen LogP contribution >= 0.6 is 23.1 Å². The predicted molar refractivity (Wildman–Crippen MR) is 134 cm³/mol. The molecule has 2 aromatic heterocycles. The summed E-state index contributed by atoms with van der Waals surface area (Å²) in [6.07, 6.45) is 0.838. The molecule has 0 bridgehead atoms. The molecule has 1 amide bonds. The van der Waals surface area contributed by atoms with E-state index in [4.69, 9.17) is 9.72 Å². The van der Waals surface area contributed by atoms with Crippen molar-refractivity contribution >= 4 is 29.0 Å². The van der Waals surface area contributed by atoms with Crippen LogP contribution in [0.1, 0.15) is 50.8 Å². The first-order valence-electron chi connectivity index (χ1n) is 11.0. The monoisotopic (exact) mass is 469 g/mol. The zero-order valence-electron chi connectivity index (χ0n) is 19.6. The third-order valence-electron chi connectivity index (χ3n) is 5.32. The van der Waals surface area contributed by atoms with Gasteiger partial charge in [0.25, 0.3) is 5.91 Å². The maximum Gasteiger partial charge on any atom is 0.287 e. The third-order valence-corrected chi connectivity index (χ3v) is 7.24. The van der Waals surface area contributed by atoms with Crippen molar-refractivity contribution in [2.45, 2.75) is 57.7 Å². The quantitative estimate of drug-likeness (QED) is 0.442. The summed E-state index contributed by atoms with van der Waals surface area (Å²) < 4.78 is 7.81. The van der Waals surface area contributed by atoms with Crippen molar-refractivity contribution in [3.8, 4) is 27.6 Å². The van der Waals surface area contributed by atoms with Crippen LogP contribution in [0.3, 0.4) is 0 Å². The lowest BCUT2D eigenvalue weighted by Gasteiger charge is -2.24. The van der Waals surface area contributed by atoms with Crippen molar-refractivity contribution in [2.75, 3.05) is 13.7 Å². The van der Waals surface area contributed by atoms with Crippen molar-refractivity contribution < 1.29 is 9.53 Å². The topological polar surface area (TPSA) is 56.1 Å². The molecule has 4 rings (SSSR count). The van der Waals surface area contributed by atoms with Gasteiger partial charge in [-0.1, -0.05) is 40.7 Å². The molecule has 0 spiro atoms. The van der Waals surface area contributed by atoms with Crippen LogP contribution in [-0.4, -0.2) is 34.4 Å². The molecule has 1 aliphatic rings. The molecule has 1 aromatic carbocycles. The summed E-state index contributed by atoms with van der Waals surface area (Å²) in [6.45, 7) is 12.0. The maximum atomic E-state index is 13.2. The highest BCUT2D eigenvalue weighted by Crippen LogP contribution is 2.44. The van der Waals surface area contributed by atoms with Crippen LogP contribution in [0.2, 0.25) is 0 Å². The number of carbonyl (C=O) groups excluding carboxylic acids is 1. The van der Waals surface area contributed by atoms with E-state index >= 15 is 0 Å². The average Bonchev–Trinajstić information content (AvgIpc) is 3.38. The Balaban J connectivity index is 1.86. The number of rotatable bonds is 6. The van der Waals surface area contributed by atoms with Gasteiger partial charge in [0.1, 0.15) is 11.4 Å². The minimum Gasteiger partial charge on any atom is -0.496 e. The van der Waals surface area contributed by atoms with Crippen LogP contribution in [0, 0.1) is 5.41 Å². The number of ether oxygens (including phenoxy) is 1. The predicted octanol–water partition coefficient (Wildman–Crippen LogP) is 6.12. The van der Waals surface area contributed by atoms with Crippen LogP contribution in [-0.2, 0) is 13.0 Å². The lowest BCUT2D eigenvalue weighted by molar-refractivity contribution is 0.0924. The molecule has 32 heavy (non-hydrogen) atoms. The highest BCUT2D eigenvalue weighted by molar-refractivity contribution is 8.00. The van der Waals surface area contributed by atoms with E-state index in [2.05, 4.69) is 68.1 Å². The van der Waals surface area contributed by atoms with Gasteiger partial charge in [0, 0.05) is 23.9 Å². The number of imidazole rings is 1. The summed E-state index contributed by atoms with van der Waals surface area (Å²) in [5, 5.41) is 5.57. The Morgan fingerprint density at radius 1 is 1.34 bits per heavy atom. The highest BCUT2D eigenvalue weighted by Gasteiger charge is 2.30. The van der Waals surface area contributed by atoms with E-state index in [9.17, 15) is 4.79 Å². The van der Waals surface area contributed by atoms with Crippen LogP contribution in [0.5, 0.6) is 5.75 Å². The fourth-order valence-electron chi connectivity index (χ4n) is 3.89. The Morgan fingerprint density at radius 2 is 2.12 bits per heavy atom. The van der Waals surface area contributed by atoms with Crippen LogP contribution in [0.15, 0.2) is 34.5 Å². The molecule has 0 fully saturated rings. The van der Waals surface area contributed by atoms with E-state index in [1.807, 2.05) is 6.07 Å². The van der Waals surface area contributed by atoms with Crippen LogP contribution < -0.4 is 10.1 Å². The molecule has 7 heteroatoms. The summed E-state index contributed by atoms with van der Waals surface area (Å²) in [5.74, 6) is 1.29. The zero-order chi connectivity index (χ0) is 23.0. The van der Waals surface area contributed by atoms with Gasteiger partial charge in [0.15, 0.2) is 5.82 Å². The van der Waals surface area contributed by atoms with E-state index in [1.54, 1.807) is 30.2 Å². The minimum atomic E-state index is -0.113. The number of aromatic nitrogens is 2. The second-order valence-electron chi connectivity index (χ2n) is 9.58. The third kappa shape index (κ3) is 4.59. The standard InChI is InChI=1S/C25H31N3O2S2/c1-15(2)32-20-13-17-16(12-18(20)30-6)9-10-28-22(17)21(19-8-7-11-31-19)27-23(28)24(29)26-14-25(3,4)5/h7-8,11-13,15H,9-10,14H2,1-6H3,(H,26,29). The number of methoxy groups -OCH3 is 1. The average molecular weight is 470 g/mol. The Kier molecular flexibility index (Phi) is 6.41. The number of hydrogen-bond donors (Lipinski definition) is 1. The summed E-state index contributed by atoms with van der Waals surface area (Å²) in [5.41, 5.74) is 4.30. The van der Waals surface area contributed by atoms with Gasteiger partial charge in [-0.25, -0.2) is 4.98 Å². The molecule has 3 aromatic rings. The molecule has 5 nitrogen and oxygen atoms in total. The first-order valence-corrected chi connectivity index (χ1v) is 12.7. The first-order chi connectivity index (χ1) is 15.2. The van der Waals surface area contributed by atoms with E-state index in [-0.39, 0.29) is 11.3 Å². The second kappa shape index (κ2) is 8.94. The van der Waals surface area contributed by atoms with Crippen molar-refractivity contribution in [3.63, 3.8) is 0 Å². The van der Waals surface area contributed by atoms with Gasteiger partial charge in [0.05, 0.1) is 22.6 Å². The highest BCUT2D eigenvalue weighted by atomic mass is 32.2. The molecule has 0 aliphatic carbocycles. The fourth-order valence-corrected chi connectivity index (χ4v) is 5.56. The van der Waals surface area contributed by atoms with Gasteiger partial charge in [-0.15, -0.1) is 23.1 Å². The fraction of sp³-hybridized carbons (Fsp3) is 0.440. The number of aryl methyl sites for hydroxylation is 1. The number of carbonyl (C=O) groups is 1. The number of nitrogens with zero attached hydrogens (tertiary/aromatic N) is 2. The van der Waals surface area contributed by atoms with Gasteiger partial charge >= 0.3 is 0 Å². The SMILES string of the molecule is COc1cc2c(cc1SC(C)C)-c1c(-c3cccs3)nc(C(=O)NCC(C)(C)C)n1CC2. The lowest BCUT2D eigenvalue weighted by atomic mass is 9.96. The zero-order valence-corrected chi connectivity index (χ0v) is 21.2. The number of amides is 1. The van der Waals surface area contributed by atoms with E-state index < -0.39 is 0 Å². The number of hydrogen-bond acceptors (Lipinski definition) is 5. The largest absolute Gasteiger partial charge is 0.496 e. The first kappa shape index (κ1) is 22.9. The Bertz CT molecular complexity index is 1130. The number of thioether (sulfide) groups is 1. The van der Waals surface area contributed by atoms with Gasteiger partial charge in [-0.3, -0.25) is 4.79 Å². The van der Waals surface area contributed by atoms with E-state index in [1.165, 1.54) is 5.56 Å². The molecule has 0 radical (unpaired) electrons. The van der Waals surface area contributed by atoms with Crippen LogP contribution in [0.4, 0.5) is 0 Å². The van der Waals surface area contributed by atoms with E-state index in [0.717, 1.165) is 45.4 Å². The maximum absolute atomic E-state index is 13.2. The number of benzene rings is 1. The van der Waals surface area contributed by atoms with Gasteiger partial charge in [-0.2, -0.15) is 0 Å². The van der Waals surface area contributed by atoms with Crippen molar-refractivity contribution in [1.82, 2.24) is 14.9 Å². The molecule has 1 N–H and O–H groups in total. The summed E-state index contributed by atoms with van der Waals surface area (Å²) >= 11 is 3.44. The van der Waals surface area contributed by atoms with Gasteiger partial charge < -0.3 is 14.6 Å². The molecule has 3 heterocycles. The molecule has 0 saturated carbocycles. The normalized spacial score (nSPS) is 13.1. The number of nitrogens with one attached hydrogen (secondary N) is 1. The molecule has 170 valence electrons. The van der Waals surface area contributed by atoms with Gasteiger partial charge in [-0.05, 0) is 41.0 Å². The molecule has 0 unspecified atom stereocenters. The summed E-state index contributed by atoms with van der Waals surface area (Å²) in [6, 6.07) is 8.49. The smallest absolute Gasteiger partial charge is 0.287 e. The number of fused-ring (bicyclic) bond motifs is 3. The summed E-state index contributed by atoms with van der Waals surface area (Å²) in [7, 11) is 1.73. The molecule has 1 aliphatic heterocycles. The van der Waals surface area contributed by atoms with Crippen molar-refractivity contribution in [2.24, 2.45) is 5.41 Å². The summed E-state index contributed by atoms with van der Waals surface area (Å²) in [4.78, 5) is 20.2. The van der Waals surface area contributed by atoms with Crippen molar-refractivity contribution in [3.05, 3.63) is 41.0 Å². The Morgan fingerprint density at radius 3 is 2.75 bits per heavy atom.